The number of aryl methyl sites for hydroxylation is 1. The van der Waals surface area contributed by atoms with E-state index in [2.05, 4.69) is 21.1 Å². The van der Waals surface area contributed by atoms with Crippen LogP contribution in [0.1, 0.15) is 23.0 Å². The van der Waals surface area contributed by atoms with Crippen molar-refractivity contribution in [3.05, 3.63) is 17.5 Å². The Hall–Kier alpha value is -0.880. The van der Waals surface area contributed by atoms with Crippen molar-refractivity contribution < 1.29 is 14.1 Å². The Morgan fingerprint density at radius 1 is 1.71 bits per heavy atom. The molecule has 0 N–H and O–H groups in total. The van der Waals surface area contributed by atoms with Gasteiger partial charge < -0.3 is 14.2 Å². The van der Waals surface area contributed by atoms with E-state index in [-0.39, 0.29) is 18.1 Å². The van der Waals surface area contributed by atoms with Gasteiger partial charge in [0, 0.05) is 11.9 Å². The zero-order chi connectivity index (χ0) is 12.4. The third-order valence-electron chi connectivity index (χ3n) is 2.92. The molecule has 1 aliphatic rings. The first-order valence-electron chi connectivity index (χ1n) is 5.53. The second-order valence-corrected chi connectivity index (χ2v) is 4.86. The predicted molar refractivity (Wildman–Crippen MR) is 65.3 cm³/mol. The average Bonchev–Trinajstić information content (AvgIpc) is 2.75. The van der Waals surface area contributed by atoms with Crippen LogP contribution in [-0.2, 0) is 4.74 Å². The van der Waals surface area contributed by atoms with Gasteiger partial charge in [-0.2, -0.15) is 0 Å². The second kappa shape index (κ2) is 5.18. The first-order valence-corrected chi connectivity index (χ1v) is 6.65. The van der Waals surface area contributed by atoms with Crippen LogP contribution in [0, 0.1) is 6.92 Å². The minimum absolute atomic E-state index is 0.0366. The molecule has 0 radical (unpaired) electrons. The van der Waals surface area contributed by atoms with Crippen LogP contribution < -0.4 is 0 Å². The van der Waals surface area contributed by atoms with Gasteiger partial charge in [0.1, 0.15) is 11.3 Å². The molecule has 0 bridgehead atoms. The summed E-state index contributed by atoms with van der Waals surface area (Å²) in [6.45, 7) is 4.88. The van der Waals surface area contributed by atoms with Crippen molar-refractivity contribution in [1.29, 1.82) is 0 Å². The van der Waals surface area contributed by atoms with E-state index in [4.69, 9.17) is 9.26 Å². The largest absolute Gasteiger partial charge is 0.373 e. The quantitative estimate of drug-likeness (QED) is 0.779. The number of hydrogen-bond donors (Lipinski definition) is 0. The molecule has 1 fully saturated rings. The van der Waals surface area contributed by atoms with E-state index < -0.39 is 0 Å². The van der Waals surface area contributed by atoms with Gasteiger partial charge in [0.05, 0.1) is 24.9 Å². The van der Waals surface area contributed by atoms with Crippen LogP contribution in [0.15, 0.2) is 10.7 Å². The number of ether oxygens (including phenoxy) is 1. The van der Waals surface area contributed by atoms with E-state index in [1.165, 1.54) is 6.20 Å². The fraction of sp³-hybridized carbons (Fsp3) is 0.636. The first kappa shape index (κ1) is 12.6. The highest BCUT2D eigenvalue weighted by atomic mass is 79.9. The molecule has 94 valence electrons. The van der Waals surface area contributed by atoms with Gasteiger partial charge in [0.2, 0.25) is 0 Å². The molecular weight excluding hydrogens is 288 g/mol. The van der Waals surface area contributed by atoms with E-state index >= 15 is 0 Å². The van der Waals surface area contributed by atoms with Crippen LogP contribution in [-0.4, -0.2) is 46.6 Å². The number of hydrogen-bond acceptors (Lipinski definition) is 4. The zero-order valence-electron chi connectivity index (χ0n) is 9.85. The Morgan fingerprint density at radius 3 is 3.06 bits per heavy atom. The van der Waals surface area contributed by atoms with Gasteiger partial charge >= 0.3 is 0 Å². The highest BCUT2D eigenvalue weighted by molar-refractivity contribution is 9.09. The molecule has 0 aromatic carbocycles. The zero-order valence-corrected chi connectivity index (χ0v) is 11.4. The van der Waals surface area contributed by atoms with Gasteiger partial charge in [-0.25, -0.2) is 0 Å². The SMILES string of the molecule is Cc1oncc1C(=O)N1CC(CBr)OCC1C. The van der Waals surface area contributed by atoms with Gasteiger partial charge in [-0.05, 0) is 13.8 Å². The summed E-state index contributed by atoms with van der Waals surface area (Å²) in [4.78, 5) is 14.1. The molecule has 2 unspecified atom stereocenters. The Labute approximate surface area is 108 Å². The number of morpholine rings is 1. The Morgan fingerprint density at radius 2 is 2.47 bits per heavy atom. The number of rotatable bonds is 2. The van der Waals surface area contributed by atoms with Crippen molar-refractivity contribution in [2.75, 3.05) is 18.5 Å². The maximum atomic E-state index is 12.3. The van der Waals surface area contributed by atoms with Gasteiger partial charge in [-0.1, -0.05) is 21.1 Å². The van der Waals surface area contributed by atoms with E-state index in [1.807, 2.05) is 11.8 Å². The van der Waals surface area contributed by atoms with E-state index in [1.54, 1.807) is 6.92 Å². The number of halogens is 1. The molecule has 0 aliphatic carbocycles. The van der Waals surface area contributed by atoms with Crippen LogP contribution in [0.25, 0.3) is 0 Å². The van der Waals surface area contributed by atoms with E-state index in [0.717, 1.165) is 5.33 Å². The number of carbonyl (C=O) groups is 1. The highest BCUT2D eigenvalue weighted by Gasteiger charge is 2.31. The van der Waals surface area contributed by atoms with Gasteiger partial charge in [0.15, 0.2) is 0 Å². The Kier molecular flexibility index (Phi) is 3.83. The molecule has 2 atom stereocenters. The van der Waals surface area contributed by atoms with Crippen molar-refractivity contribution in [3.8, 4) is 0 Å². The minimum Gasteiger partial charge on any atom is -0.373 e. The van der Waals surface area contributed by atoms with Crippen molar-refractivity contribution in [2.45, 2.75) is 26.0 Å². The molecule has 1 saturated heterocycles. The summed E-state index contributed by atoms with van der Waals surface area (Å²) < 4.78 is 10.5. The highest BCUT2D eigenvalue weighted by Crippen LogP contribution is 2.18. The molecule has 1 aromatic heterocycles. The molecule has 0 saturated carbocycles. The first-order chi connectivity index (χ1) is 8.13. The summed E-state index contributed by atoms with van der Waals surface area (Å²) in [6, 6.07) is 0.0760. The van der Waals surface area contributed by atoms with Gasteiger partial charge in [-0.15, -0.1) is 0 Å². The molecule has 2 heterocycles. The minimum atomic E-state index is -0.0366. The molecule has 17 heavy (non-hydrogen) atoms. The number of nitrogens with zero attached hydrogens (tertiary/aromatic N) is 2. The lowest BCUT2D eigenvalue weighted by Crippen LogP contribution is -2.51. The fourth-order valence-electron chi connectivity index (χ4n) is 1.85. The van der Waals surface area contributed by atoms with Crippen molar-refractivity contribution in [1.82, 2.24) is 10.1 Å². The number of aromatic nitrogens is 1. The smallest absolute Gasteiger partial charge is 0.259 e. The van der Waals surface area contributed by atoms with Crippen LogP contribution in [0.2, 0.25) is 0 Å². The Bertz CT molecular complexity index is 407. The van der Waals surface area contributed by atoms with Crippen molar-refractivity contribution in [2.24, 2.45) is 0 Å². The summed E-state index contributed by atoms with van der Waals surface area (Å²) in [7, 11) is 0. The maximum absolute atomic E-state index is 12.3. The lowest BCUT2D eigenvalue weighted by molar-refractivity contribution is -0.0362. The molecule has 6 heteroatoms. The third-order valence-corrected chi connectivity index (χ3v) is 3.64. The van der Waals surface area contributed by atoms with Crippen LogP contribution in [0.5, 0.6) is 0 Å². The summed E-state index contributed by atoms with van der Waals surface area (Å²) in [5.41, 5.74) is 0.534. The average molecular weight is 303 g/mol. The summed E-state index contributed by atoms with van der Waals surface area (Å²) in [5.74, 6) is 0.523. The van der Waals surface area contributed by atoms with Gasteiger partial charge in [0.25, 0.3) is 5.91 Å². The molecule has 1 amide bonds. The van der Waals surface area contributed by atoms with Gasteiger partial charge in [-0.3, -0.25) is 4.79 Å². The lowest BCUT2D eigenvalue weighted by Gasteiger charge is -2.37. The fourth-order valence-corrected chi connectivity index (χ4v) is 2.24. The van der Waals surface area contributed by atoms with Crippen LogP contribution in [0.3, 0.4) is 0 Å². The van der Waals surface area contributed by atoms with E-state index in [9.17, 15) is 4.79 Å². The summed E-state index contributed by atoms with van der Waals surface area (Å²) >= 11 is 3.38. The second-order valence-electron chi connectivity index (χ2n) is 4.21. The normalized spacial score (nSPS) is 25.0. The Balaban J connectivity index is 2.15. The molecule has 2 rings (SSSR count). The topological polar surface area (TPSA) is 55.6 Å². The standard InChI is InChI=1S/C11H15BrN2O3/c1-7-6-16-9(3-12)5-14(7)11(15)10-4-13-17-8(10)2/h4,7,9H,3,5-6H2,1-2H3. The molecule has 1 aliphatic heterocycles. The third kappa shape index (κ3) is 2.52. The molecule has 1 aromatic rings. The maximum Gasteiger partial charge on any atom is 0.259 e. The lowest BCUT2D eigenvalue weighted by atomic mass is 10.1. The number of amides is 1. The number of carbonyl (C=O) groups excluding carboxylic acids is 1. The summed E-state index contributed by atoms with van der Waals surface area (Å²) in [6.07, 6.45) is 1.53. The molecule has 0 spiro atoms. The van der Waals surface area contributed by atoms with Crippen LogP contribution >= 0.6 is 15.9 Å². The summed E-state index contributed by atoms with van der Waals surface area (Å²) in [5, 5.41) is 4.37. The molecule has 5 nitrogen and oxygen atoms in total. The monoisotopic (exact) mass is 302 g/mol. The van der Waals surface area contributed by atoms with E-state index in [0.29, 0.717) is 24.5 Å². The number of alkyl halides is 1. The molecular formula is C11H15BrN2O3. The predicted octanol–water partition coefficient (Wildman–Crippen LogP) is 1.61. The van der Waals surface area contributed by atoms with Crippen molar-refractivity contribution >= 4 is 21.8 Å². The van der Waals surface area contributed by atoms with Crippen LogP contribution in [0.4, 0.5) is 0 Å². The van der Waals surface area contributed by atoms with Crippen molar-refractivity contribution in [3.63, 3.8) is 0 Å².